The first-order valence-corrected chi connectivity index (χ1v) is 7.02. The van der Waals surface area contributed by atoms with Gasteiger partial charge in [-0.25, -0.2) is 0 Å². The van der Waals surface area contributed by atoms with E-state index in [9.17, 15) is 9.59 Å². The maximum atomic E-state index is 12.3. The normalized spacial score (nSPS) is 34.4. The minimum atomic E-state index is -1.06. The summed E-state index contributed by atoms with van der Waals surface area (Å²) in [5.74, 6) is 0.218. The molecular weight excluding hydrogens is 244 g/mol. The minimum Gasteiger partial charge on any atom is -0.468 e. The molecule has 4 heteroatoms. The third-order valence-electron chi connectivity index (χ3n) is 5.34. The molecule has 0 heterocycles. The summed E-state index contributed by atoms with van der Waals surface area (Å²) >= 11 is 0. The van der Waals surface area contributed by atoms with Crippen LogP contribution in [-0.4, -0.2) is 26.2 Å². The average Bonchev–Trinajstić information content (AvgIpc) is 2.43. The Hall–Kier alpha value is -1.32. The molecule has 0 unspecified atom stereocenters. The molecule has 0 aromatic carbocycles. The molecule has 3 aliphatic rings. The largest absolute Gasteiger partial charge is 0.468 e. The van der Waals surface area contributed by atoms with Crippen molar-refractivity contribution in [2.45, 2.75) is 32.1 Å². The number of carbonyl (C=O) groups excluding carboxylic acids is 2. The van der Waals surface area contributed by atoms with Crippen LogP contribution in [0.25, 0.3) is 0 Å². The Morgan fingerprint density at radius 1 is 1.21 bits per heavy atom. The molecule has 0 bridgehead atoms. The highest BCUT2D eigenvalue weighted by molar-refractivity contribution is 6.00. The summed E-state index contributed by atoms with van der Waals surface area (Å²) in [5.41, 5.74) is 0.378. The summed E-state index contributed by atoms with van der Waals surface area (Å²) < 4.78 is 9.91. The van der Waals surface area contributed by atoms with Gasteiger partial charge in [0.05, 0.1) is 14.2 Å². The second-order valence-corrected chi connectivity index (χ2v) is 5.92. The lowest BCUT2D eigenvalue weighted by atomic mass is 9.48. The molecule has 0 radical (unpaired) electrons. The van der Waals surface area contributed by atoms with Crippen molar-refractivity contribution in [1.82, 2.24) is 0 Å². The molecule has 3 atom stereocenters. The van der Waals surface area contributed by atoms with Crippen LogP contribution in [0.2, 0.25) is 0 Å². The van der Waals surface area contributed by atoms with Crippen molar-refractivity contribution in [3.8, 4) is 0 Å². The second-order valence-electron chi connectivity index (χ2n) is 5.92. The number of methoxy groups -OCH3 is 2. The van der Waals surface area contributed by atoms with E-state index in [1.807, 2.05) is 0 Å². The fourth-order valence-corrected chi connectivity index (χ4v) is 4.50. The molecule has 0 saturated heterocycles. The van der Waals surface area contributed by atoms with E-state index in [1.165, 1.54) is 26.2 Å². The van der Waals surface area contributed by atoms with Gasteiger partial charge in [-0.2, -0.15) is 0 Å². The summed E-state index contributed by atoms with van der Waals surface area (Å²) in [6.07, 6.45) is 6.88. The molecule has 104 valence electrons. The fraction of sp³-hybridized carbons (Fsp3) is 0.733. The molecule has 0 aromatic rings. The summed E-state index contributed by atoms with van der Waals surface area (Å²) in [4.78, 5) is 24.6. The average molecular weight is 264 g/mol. The van der Waals surface area contributed by atoms with Crippen LogP contribution in [-0.2, 0) is 19.1 Å². The Balaban J connectivity index is 2.02. The highest BCUT2D eigenvalue weighted by Gasteiger charge is 2.62. The van der Waals surface area contributed by atoms with Crippen molar-refractivity contribution in [3.05, 3.63) is 11.6 Å². The molecule has 3 rings (SSSR count). The van der Waals surface area contributed by atoms with Crippen LogP contribution < -0.4 is 0 Å². The van der Waals surface area contributed by atoms with Crippen molar-refractivity contribution in [2.75, 3.05) is 14.2 Å². The number of rotatable bonds is 2. The highest BCUT2D eigenvalue weighted by atomic mass is 16.5. The Morgan fingerprint density at radius 3 is 2.53 bits per heavy atom. The van der Waals surface area contributed by atoms with Gasteiger partial charge in [-0.15, -0.1) is 0 Å². The van der Waals surface area contributed by atoms with Crippen LogP contribution in [0.5, 0.6) is 0 Å². The van der Waals surface area contributed by atoms with E-state index in [4.69, 9.17) is 9.47 Å². The van der Waals surface area contributed by atoms with Crippen LogP contribution in [0.4, 0.5) is 0 Å². The molecular formula is C15H20O4. The molecule has 4 nitrogen and oxygen atoms in total. The molecule has 2 saturated carbocycles. The first kappa shape index (κ1) is 12.7. The van der Waals surface area contributed by atoms with E-state index in [1.54, 1.807) is 0 Å². The monoisotopic (exact) mass is 264 g/mol. The van der Waals surface area contributed by atoms with Gasteiger partial charge in [0.2, 0.25) is 0 Å². The van der Waals surface area contributed by atoms with Gasteiger partial charge in [0.25, 0.3) is 0 Å². The lowest BCUT2D eigenvalue weighted by molar-refractivity contribution is -0.180. The van der Waals surface area contributed by atoms with Crippen LogP contribution in [0.3, 0.4) is 0 Å². The SMILES string of the molecule is COC(=O)C1(C(=O)OC)CCC2=C[C@@H]3CCC[C@H]1[C@H]23. The van der Waals surface area contributed by atoms with E-state index in [2.05, 4.69) is 6.08 Å². The van der Waals surface area contributed by atoms with Gasteiger partial charge in [-0.3, -0.25) is 9.59 Å². The van der Waals surface area contributed by atoms with Gasteiger partial charge in [0.15, 0.2) is 5.41 Å². The number of hydrogen-bond donors (Lipinski definition) is 0. The van der Waals surface area contributed by atoms with Crippen molar-refractivity contribution >= 4 is 11.9 Å². The van der Waals surface area contributed by atoms with Gasteiger partial charge in [-0.05, 0) is 43.4 Å². The summed E-state index contributed by atoms with van der Waals surface area (Å²) in [7, 11) is 2.72. The third kappa shape index (κ3) is 1.52. The zero-order valence-corrected chi connectivity index (χ0v) is 11.5. The van der Waals surface area contributed by atoms with Crippen molar-refractivity contribution in [3.63, 3.8) is 0 Å². The third-order valence-corrected chi connectivity index (χ3v) is 5.34. The molecule has 19 heavy (non-hydrogen) atoms. The highest BCUT2D eigenvalue weighted by Crippen LogP contribution is 2.60. The molecule has 0 aliphatic heterocycles. The Bertz CT molecular complexity index is 435. The van der Waals surface area contributed by atoms with Crippen molar-refractivity contribution in [2.24, 2.45) is 23.2 Å². The van der Waals surface area contributed by atoms with E-state index in [-0.39, 0.29) is 5.92 Å². The maximum Gasteiger partial charge on any atom is 0.323 e. The zero-order valence-electron chi connectivity index (χ0n) is 11.5. The first-order chi connectivity index (χ1) is 9.15. The lowest BCUT2D eigenvalue weighted by Gasteiger charge is -2.54. The van der Waals surface area contributed by atoms with Crippen molar-refractivity contribution < 1.29 is 19.1 Å². The Morgan fingerprint density at radius 2 is 1.89 bits per heavy atom. The van der Waals surface area contributed by atoms with E-state index >= 15 is 0 Å². The Labute approximate surface area is 113 Å². The van der Waals surface area contributed by atoms with Gasteiger partial charge in [0, 0.05) is 0 Å². The zero-order chi connectivity index (χ0) is 13.6. The summed E-state index contributed by atoms with van der Waals surface area (Å²) in [6.45, 7) is 0. The smallest absolute Gasteiger partial charge is 0.323 e. The van der Waals surface area contributed by atoms with E-state index in [0.717, 1.165) is 19.3 Å². The number of esters is 2. The topological polar surface area (TPSA) is 52.6 Å². The molecule has 2 fully saturated rings. The fourth-order valence-electron chi connectivity index (χ4n) is 4.50. The van der Waals surface area contributed by atoms with Gasteiger partial charge in [-0.1, -0.05) is 18.1 Å². The standard InChI is InChI=1S/C15H20O4/c1-18-13(16)15(14(17)19-2)7-6-10-8-9-4-3-5-11(15)12(9)10/h8-9,11-12H,3-7H2,1-2H3/t9-,11-,12-/m0/s1. The molecule has 0 N–H and O–H groups in total. The predicted molar refractivity (Wildman–Crippen MR) is 68.1 cm³/mol. The quantitative estimate of drug-likeness (QED) is 0.435. The number of allylic oxidation sites excluding steroid dienone is 2. The van der Waals surface area contributed by atoms with Crippen LogP contribution in [0.1, 0.15) is 32.1 Å². The number of ether oxygens (including phenoxy) is 2. The van der Waals surface area contributed by atoms with Gasteiger partial charge < -0.3 is 9.47 Å². The van der Waals surface area contributed by atoms with Crippen molar-refractivity contribution in [1.29, 1.82) is 0 Å². The van der Waals surface area contributed by atoms with Gasteiger partial charge in [0.1, 0.15) is 0 Å². The van der Waals surface area contributed by atoms with E-state index < -0.39 is 17.4 Å². The summed E-state index contributed by atoms with van der Waals surface area (Å²) in [5, 5.41) is 0. The maximum absolute atomic E-state index is 12.3. The molecule has 3 aliphatic carbocycles. The lowest BCUT2D eigenvalue weighted by Crippen LogP contribution is -2.56. The first-order valence-electron chi connectivity index (χ1n) is 7.02. The van der Waals surface area contributed by atoms with Crippen LogP contribution in [0, 0.1) is 23.2 Å². The molecule has 0 spiro atoms. The number of carbonyl (C=O) groups is 2. The van der Waals surface area contributed by atoms with Crippen LogP contribution in [0.15, 0.2) is 11.6 Å². The molecule has 0 amide bonds. The van der Waals surface area contributed by atoms with Crippen LogP contribution >= 0.6 is 0 Å². The van der Waals surface area contributed by atoms with Gasteiger partial charge >= 0.3 is 11.9 Å². The number of hydrogen-bond acceptors (Lipinski definition) is 4. The second kappa shape index (κ2) is 4.36. The molecule has 0 aromatic heterocycles. The predicted octanol–water partition coefficient (Wildman–Crippen LogP) is 2.09. The minimum absolute atomic E-state index is 0.0694. The van der Waals surface area contributed by atoms with E-state index in [0.29, 0.717) is 18.3 Å². The summed E-state index contributed by atoms with van der Waals surface area (Å²) in [6, 6.07) is 0. The Kier molecular flexibility index (Phi) is 2.91.